The van der Waals surface area contributed by atoms with Crippen LogP contribution in [0.15, 0.2) is 0 Å². The van der Waals surface area contributed by atoms with E-state index in [1.54, 1.807) is 0 Å². The molecule has 0 aromatic carbocycles. The summed E-state index contributed by atoms with van der Waals surface area (Å²) in [4.78, 5) is 68.8. The zero-order valence-corrected chi connectivity index (χ0v) is 33.9. The van der Waals surface area contributed by atoms with Gasteiger partial charge >= 0.3 is 0 Å². The lowest BCUT2D eigenvalue weighted by Crippen LogP contribution is -2.25. The van der Waals surface area contributed by atoms with Crippen molar-refractivity contribution in [3.05, 3.63) is 0 Å². The van der Waals surface area contributed by atoms with Gasteiger partial charge in [-0.15, -0.1) is 0 Å². The van der Waals surface area contributed by atoms with Crippen LogP contribution in [0.25, 0.3) is 0 Å². The fourth-order valence-corrected chi connectivity index (χ4v) is 6.44. The van der Waals surface area contributed by atoms with Gasteiger partial charge in [-0.1, -0.05) is 57.8 Å². The van der Waals surface area contributed by atoms with Crippen LogP contribution in [-0.4, -0.2) is 94.0 Å². The Hall–Kier alpha value is -2.70. The van der Waals surface area contributed by atoms with Crippen LogP contribution >= 0.6 is 0 Å². The quantitative estimate of drug-likeness (QED) is 0.190. The van der Waals surface area contributed by atoms with Gasteiger partial charge in [0, 0.05) is 58.2 Å². The molecule has 3 aliphatic rings. The summed E-state index contributed by atoms with van der Waals surface area (Å²) in [6.07, 6.45) is 25.8. The van der Waals surface area contributed by atoms with Crippen molar-refractivity contribution in [3.63, 3.8) is 0 Å². The summed E-state index contributed by atoms with van der Waals surface area (Å²) in [5, 5.41) is 18.4. The molecular weight excluding hydrogens is 684 g/mol. The Kier molecular flexibility index (Phi) is 34.0. The van der Waals surface area contributed by atoms with Crippen molar-refractivity contribution in [2.75, 3.05) is 58.9 Å². The number of ketones is 3. The van der Waals surface area contributed by atoms with Crippen LogP contribution in [0.3, 0.4) is 0 Å². The molecule has 0 saturated carbocycles. The third kappa shape index (κ3) is 35.0. The van der Waals surface area contributed by atoms with Gasteiger partial charge in [0.05, 0.1) is 19.6 Å². The van der Waals surface area contributed by atoms with Crippen LogP contribution in [0.2, 0.25) is 0 Å². The first-order chi connectivity index (χ1) is 26.4. The van der Waals surface area contributed by atoms with Crippen LogP contribution in [0.4, 0.5) is 0 Å². The number of amides is 3. The Labute approximate surface area is 327 Å². The predicted octanol–water partition coefficient (Wildman–Crippen LogP) is 5.36. The predicted molar refractivity (Wildman–Crippen MR) is 217 cm³/mol. The van der Waals surface area contributed by atoms with Crippen LogP contribution in [0.1, 0.15) is 173 Å². The van der Waals surface area contributed by atoms with Gasteiger partial charge in [0.1, 0.15) is 17.3 Å². The Bertz CT molecular complexity index is 934. The Morgan fingerprint density at radius 1 is 0.241 bits per heavy atom. The van der Waals surface area contributed by atoms with E-state index in [2.05, 4.69) is 31.9 Å². The largest absolute Gasteiger partial charge is 0.356 e. The third-order valence-electron chi connectivity index (χ3n) is 9.85. The van der Waals surface area contributed by atoms with Gasteiger partial charge < -0.3 is 31.9 Å². The van der Waals surface area contributed by atoms with E-state index in [9.17, 15) is 28.8 Å². The molecule has 0 unspecified atom stereocenters. The van der Waals surface area contributed by atoms with Crippen molar-refractivity contribution < 1.29 is 28.8 Å². The molecule has 0 bridgehead atoms. The van der Waals surface area contributed by atoms with Crippen molar-refractivity contribution in [1.82, 2.24) is 31.9 Å². The standard InChI is InChI=1S/C15H28N2O2.C14H26N2O2.C13H24N2O2/c18-14-9-5-1-4-8-12-17-15(19)10-6-2-3-7-11-16-13-14;17-13-8-4-3-7-11-16-14(18)9-5-1-2-6-10-15-12-13;16-12-7-4-6-10-15-13(17)8-3-1-2-5-9-14-11-12/h16H,1-13H2,(H,17,19);15H,1-12H2,(H,16,18);14H,1-11H2,(H,15,17). The molecule has 12 heteroatoms. The molecule has 0 aliphatic carbocycles. The summed E-state index contributed by atoms with van der Waals surface area (Å²) < 4.78 is 0. The minimum atomic E-state index is 0.157. The lowest BCUT2D eigenvalue weighted by atomic mass is 10.1. The number of nitrogens with one attached hydrogen (secondary N) is 6. The highest BCUT2D eigenvalue weighted by atomic mass is 16.2. The maximum Gasteiger partial charge on any atom is 0.219 e. The Morgan fingerprint density at radius 3 is 0.796 bits per heavy atom. The molecule has 312 valence electrons. The smallest absolute Gasteiger partial charge is 0.219 e. The van der Waals surface area contributed by atoms with Gasteiger partial charge in [-0.2, -0.15) is 0 Å². The molecule has 12 nitrogen and oxygen atoms in total. The lowest BCUT2D eigenvalue weighted by molar-refractivity contribution is -0.122. The molecule has 3 fully saturated rings. The first-order valence-electron chi connectivity index (χ1n) is 21.8. The van der Waals surface area contributed by atoms with Gasteiger partial charge in [0.15, 0.2) is 0 Å². The number of carbonyl (C=O) groups excluding carboxylic acids is 6. The molecule has 0 atom stereocenters. The van der Waals surface area contributed by atoms with Crippen molar-refractivity contribution in [2.45, 2.75) is 173 Å². The second kappa shape index (κ2) is 37.2. The summed E-state index contributed by atoms with van der Waals surface area (Å²) in [5.41, 5.74) is 0. The minimum Gasteiger partial charge on any atom is -0.356 e. The maximum absolute atomic E-state index is 11.6. The maximum atomic E-state index is 11.6. The first-order valence-corrected chi connectivity index (χ1v) is 21.8. The van der Waals surface area contributed by atoms with E-state index in [1.807, 2.05) is 0 Å². The average molecular weight is 763 g/mol. The topological polar surface area (TPSA) is 175 Å². The number of hydrogen-bond acceptors (Lipinski definition) is 9. The SMILES string of the molecule is O=C1CCCCCCNC(=O)CCCCCCNC1.O=C1CCCCCNC(=O)CCCCCCNC1.O=C1CCCCNC(=O)CCCCCCNC1. The number of hydrogen-bond donors (Lipinski definition) is 6. The lowest BCUT2D eigenvalue weighted by Gasteiger charge is -2.07. The second-order valence-corrected chi connectivity index (χ2v) is 15.1. The molecule has 3 amide bonds. The number of carbonyl (C=O) groups is 6. The van der Waals surface area contributed by atoms with E-state index in [-0.39, 0.29) is 23.5 Å². The monoisotopic (exact) mass is 763 g/mol. The first kappa shape index (κ1) is 49.3. The van der Waals surface area contributed by atoms with E-state index < -0.39 is 0 Å². The summed E-state index contributed by atoms with van der Waals surface area (Å²) in [6, 6.07) is 0. The summed E-state index contributed by atoms with van der Waals surface area (Å²) >= 11 is 0. The van der Waals surface area contributed by atoms with E-state index >= 15 is 0 Å². The summed E-state index contributed by atoms with van der Waals surface area (Å²) in [6.45, 7) is 6.55. The normalized spacial score (nSPS) is 22.4. The van der Waals surface area contributed by atoms with E-state index in [4.69, 9.17) is 0 Å². The van der Waals surface area contributed by atoms with Crippen LogP contribution in [-0.2, 0) is 28.8 Å². The highest BCUT2D eigenvalue weighted by Gasteiger charge is 2.07. The Morgan fingerprint density at radius 2 is 0.463 bits per heavy atom. The molecule has 54 heavy (non-hydrogen) atoms. The highest BCUT2D eigenvalue weighted by molar-refractivity contribution is 5.81. The van der Waals surface area contributed by atoms with Gasteiger partial charge in [-0.05, 0) is 96.7 Å². The van der Waals surface area contributed by atoms with E-state index in [0.29, 0.717) is 76.3 Å². The number of rotatable bonds is 0. The van der Waals surface area contributed by atoms with Gasteiger partial charge in [-0.3, -0.25) is 28.8 Å². The van der Waals surface area contributed by atoms with Gasteiger partial charge in [-0.25, -0.2) is 0 Å². The van der Waals surface area contributed by atoms with Crippen molar-refractivity contribution in [2.24, 2.45) is 0 Å². The van der Waals surface area contributed by atoms with Crippen molar-refractivity contribution in [3.8, 4) is 0 Å². The zero-order valence-electron chi connectivity index (χ0n) is 33.9. The van der Waals surface area contributed by atoms with Crippen molar-refractivity contribution in [1.29, 1.82) is 0 Å². The zero-order chi connectivity index (χ0) is 39.2. The van der Waals surface area contributed by atoms with Gasteiger partial charge in [0.25, 0.3) is 0 Å². The van der Waals surface area contributed by atoms with Crippen LogP contribution in [0, 0.1) is 0 Å². The molecule has 3 aliphatic heterocycles. The van der Waals surface area contributed by atoms with E-state index in [0.717, 1.165) is 168 Å². The molecule has 0 spiro atoms. The molecular formula is C42H78N6O6. The van der Waals surface area contributed by atoms with Crippen molar-refractivity contribution >= 4 is 35.1 Å². The summed E-state index contributed by atoms with van der Waals surface area (Å²) in [7, 11) is 0. The molecule has 0 radical (unpaired) electrons. The average Bonchev–Trinajstić information content (AvgIpc) is 3.15. The van der Waals surface area contributed by atoms with Crippen LogP contribution < -0.4 is 31.9 Å². The molecule has 0 aromatic rings. The summed E-state index contributed by atoms with van der Waals surface area (Å²) in [5.74, 6) is 1.45. The number of Topliss-reactive ketones (excluding diaryl/α,β-unsaturated/α-hetero) is 3. The highest BCUT2D eigenvalue weighted by Crippen LogP contribution is 2.07. The minimum absolute atomic E-state index is 0.157. The fourth-order valence-electron chi connectivity index (χ4n) is 6.44. The molecule has 0 aromatic heterocycles. The third-order valence-corrected chi connectivity index (χ3v) is 9.85. The van der Waals surface area contributed by atoms with Gasteiger partial charge in [0.2, 0.25) is 17.7 Å². The second-order valence-electron chi connectivity index (χ2n) is 15.1. The molecule has 3 saturated heterocycles. The van der Waals surface area contributed by atoms with Crippen LogP contribution in [0.5, 0.6) is 0 Å². The van der Waals surface area contributed by atoms with E-state index in [1.165, 1.54) is 0 Å². The molecule has 3 heterocycles. The fraction of sp³-hybridized carbons (Fsp3) is 0.857. The Balaban J connectivity index is 0.000000406. The molecule has 6 N–H and O–H groups in total. The molecule has 3 rings (SSSR count).